The monoisotopic (exact) mass is 410 g/mol. The van der Waals surface area contributed by atoms with Crippen molar-refractivity contribution in [3.8, 4) is 0 Å². The zero-order chi connectivity index (χ0) is 19.5. The first-order valence-corrected chi connectivity index (χ1v) is 11.0. The summed E-state index contributed by atoms with van der Waals surface area (Å²) in [7, 11) is 0. The molecule has 2 atom stereocenters. The minimum absolute atomic E-state index is 0.0232. The normalized spacial score (nSPS) is 17.4. The molecule has 0 radical (unpaired) electrons. The molecule has 0 aliphatic carbocycles. The average Bonchev–Trinajstić information content (AvgIpc) is 2.66. The van der Waals surface area contributed by atoms with Gasteiger partial charge >= 0.3 is 11.9 Å². The van der Waals surface area contributed by atoms with Crippen molar-refractivity contribution in [2.24, 2.45) is 0 Å². The molecule has 0 saturated carbocycles. The van der Waals surface area contributed by atoms with Crippen molar-refractivity contribution in [3.63, 3.8) is 0 Å². The highest BCUT2D eigenvalue weighted by Gasteiger charge is 2.25. The van der Waals surface area contributed by atoms with E-state index in [0.717, 1.165) is 17.1 Å². The van der Waals surface area contributed by atoms with E-state index in [0.29, 0.717) is 11.2 Å². The third kappa shape index (κ3) is 8.86. The summed E-state index contributed by atoms with van der Waals surface area (Å²) in [5, 5.41) is 0. The number of hydrogen-bond donors (Lipinski definition) is 0. The Hall–Kier alpha value is -1.44. The topological polar surface area (TPSA) is 61.8 Å². The van der Waals surface area contributed by atoms with Crippen molar-refractivity contribution < 1.29 is 23.8 Å². The smallest absolute Gasteiger partial charge is 0.303 e. The number of hydrogen-bond acceptors (Lipinski definition) is 7. The number of carbonyl (C=O) groups excluding carboxylic acids is 2. The minimum Gasteiger partial charge on any atom is -0.463 e. The lowest BCUT2D eigenvalue weighted by molar-refractivity contribution is -0.159. The molecule has 0 bridgehead atoms. The van der Waals surface area contributed by atoms with Gasteiger partial charge in [0.05, 0.1) is 11.2 Å². The summed E-state index contributed by atoms with van der Waals surface area (Å²) in [6.45, 7) is 3.08. The molecule has 1 aliphatic rings. The van der Waals surface area contributed by atoms with E-state index in [9.17, 15) is 9.59 Å². The van der Waals surface area contributed by atoms with Gasteiger partial charge in [-0.3, -0.25) is 9.59 Å². The molecule has 1 aromatic carbocycles. The van der Waals surface area contributed by atoms with E-state index in [4.69, 9.17) is 14.2 Å². The third-order valence-electron chi connectivity index (χ3n) is 3.74. The second kappa shape index (κ2) is 12.1. The Labute approximate surface area is 169 Å². The van der Waals surface area contributed by atoms with Gasteiger partial charge in [-0.05, 0) is 29.6 Å². The van der Waals surface area contributed by atoms with Crippen LogP contribution in [0.15, 0.2) is 42.5 Å². The van der Waals surface area contributed by atoms with Crippen LogP contribution < -0.4 is 0 Å². The standard InChI is InChI=1S/C20H26O5S2/c1-15(21)23-14-19(24-13-17-7-4-3-5-8-17)18(25-16(2)22)9-10-20-26-11-6-12-27-20/h3-5,7-10,18-20H,6,11-14H2,1-2H3/b10-9+/t18-,19+/m0/s1. The van der Waals surface area contributed by atoms with Crippen molar-refractivity contribution in [2.45, 2.75) is 43.7 Å². The third-order valence-corrected chi connectivity index (χ3v) is 6.57. The maximum absolute atomic E-state index is 11.6. The van der Waals surface area contributed by atoms with Gasteiger partial charge in [0.1, 0.15) is 18.8 Å². The Morgan fingerprint density at radius 1 is 1.15 bits per heavy atom. The van der Waals surface area contributed by atoms with Crippen molar-refractivity contribution in [3.05, 3.63) is 48.0 Å². The van der Waals surface area contributed by atoms with Crippen LogP contribution in [-0.4, -0.2) is 46.8 Å². The summed E-state index contributed by atoms with van der Waals surface area (Å²) in [5.41, 5.74) is 0.995. The lowest BCUT2D eigenvalue weighted by Crippen LogP contribution is -2.36. The number of ether oxygens (including phenoxy) is 3. The Morgan fingerprint density at radius 3 is 2.48 bits per heavy atom. The molecule has 0 amide bonds. The van der Waals surface area contributed by atoms with Crippen molar-refractivity contribution in [1.29, 1.82) is 0 Å². The van der Waals surface area contributed by atoms with Crippen LogP contribution >= 0.6 is 23.5 Å². The van der Waals surface area contributed by atoms with Crippen LogP contribution in [0.5, 0.6) is 0 Å². The minimum atomic E-state index is -0.617. The quantitative estimate of drug-likeness (QED) is 0.453. The number of carbonyl (C=O) groups is 2. The summed E-state index contributed by atoms with van der Waals surface area (Å²) in [5.74, 6) is 1.46. The predicted octanol–water partition coefficient (Wildman–Crippen LogP) is 3.82. The zero-order valence-electron chi connectivity index (χ0n) is 15.7. The Kier molecular flexibility index (Phi) is 9.80. The maximum Gasteiger partial charge on any atom is 0.303 e. The van der Waals surface area contributed by atoms with E-state index >= 15 is 0 Å². The number of benzene rings is 1. The summed E-state index contributed by atoms with van der Waals surface area (Å²) < 4.78 is 16.9. The first-order valence-electron chi connectivity index (χ1n) is 8.92. The first kappa shape index (κ1) is 21.9. The second-order valence-electron chi connectivity index (χ2n) is 6.06. The molecular weight excluding hydrogens is 384 g/mol. The molecule has 1 saturated heterocycles. The Balaban J connectivity index is 2.07. The molecule has 2 rings (SSSR count). The van der Waals surface area contributed by atoms with Crippen LogP contribution in [0.2, 0.25) is 0 Å². The zero-order valence-corrected chi connectivity index (χ0v) is 17.3. The van der Waals surface area contributed by atoms with Gasteiger partial charge in [0.15, 0.2) is 0 Å². The van der Waals surface area contributed by atoms with E-state index in [1.165, 1.54) is 20.3 Å². The summed E-state index contributed by atoms with van der Waals surface area (Å²) in [4.78, 5) is 22.9. The molecule has 1 aliphatic heterocycles. The highest BCUT2D eigenvalue weighted by molar-refractivity contribution is 8.17. The van der Waals surface area contributed by atoms with Gasteiger partial charge in [0.2, 0.25) is 0 Å². The van der Waals surface area contributed by atoms with Gasteiger partial charge in [0.25, 0.3) is 0 Å². The van der Waals surface area contributed by atoms with Crippen LogP contribution in [0, 0.1) is 0 Å². The largest absolute Gasteiger partial charge is 0.463 e. The van der Waals surface area contributed by atoms with Gasteiger partial charge in [-0.25, -0.2) is 0 Å². The molecule has 1 aromatic rings. The molecule has 1 fully saturated rings. The molecule has 7 heteroatoms. The number of rotatable bonds is 9. The fourth-order valence-electron chi connectivity index (χ4n) is 2.46. The van der Waals surface area contributed by atoms with Gasteiger partial charge in [-0.15, -0.1) is 23.5 Å². The Bertz CT molecular complexity index is 614. The van der Waals surface area contributed by atoms with Crippen molar-refractivity contribution in [2.75, 3.05) is 18.1 Å². The molecule has 27 heavy (non-hydrogen) atoms. The first-order chi connectivity index (χ1) is 13.0. The molecule has 0 unspecified atom stereocenters. The van der Waals surface area contributed by atoms with Crippen LogP contribution in [0.1, 0.15) is 25.8 Å². The van der Waals surface area contributed by atoms with Crippen LogP contribution in [0.4, 0.5) is 0 Å². The van der Waals surface area contributed by atoms with Gasteiger partial charge in [-0.1, -0.05) is 36.4 Å². The van der Waals surface area contributed by atoms with E-state index in [1.807, 2.05) is 59.9 Å². The average molecular weight is 411 g/mol. The summed E-state index contributed by atoms with van der Waals surface area (Å²) in [6.07, 6.45) is 3.93. The van der Waals surface area contributed by atoms with Crippen molar-refractivity contribution in [1.82, 2.24) is 0 Å². The molecular formula is C20H26O5S2. The number of thioether (sulfide) groups is 2. The van der Waals surface area contributed by atoms with Crippen LogP contribution in [-0.2, 0) is 30.4 Å². The summed E-state index contributed by atoms with van der Waals surface area (Å²) >= 11 is 3.75. The van der Waals surface area contributed by atoms with E-state index in [1.54, 1.807) is 0 Å². The molecule has 0 aromatic heterocycles. The maximum atomic E-state index is 11.6. The van der Waals surface area contributed by atoms with E-state index in [2.05, 4.69) is 6.08 Å². The molecule has 5 nitrogen and oxygen atoms in total. The fraction of sp³-hybridized carbons (Fsp3) is 0.500. The SMILES string of the molecule is CC(=O)OC[C@@H](OCc1ccccc1)[C@H](/C=C/C1SCCCS1)OC(C)=O. The molecule has 0 N–H and O–H groups in total. The lowest BCUT2D eigenvalue weighted by Gasteiger charge is -2.25. The predicted molar refractivity (Wildman–Crippen MR) is 110 cm³/mol. The molecule has 0 spiro atoms. The van der Waals surface area contributed by atoms with Gasteiger partial charge < -0.3 is 14.2 Å². The van der Waals surface area contributed by atoms with Gasteiger partial charge in [-0.2, -0.15) is 0 Å². The Morgan fingerprint density at radius 2 is 1.85 bits per heavy atom. The van der Waals surface area contributed by atoms with Crippen molar-refractivity contribution >= 4 is 35.5 Å². The molecule has 148 valence electrons. The fourth-order valence-corrected chi connectivity index (χ4v) is 5.10. The van der Waals surface area contributed by atoms with Crippen LogP contribution in [0.3, 0.4) is 0 Å². The second-order valence-corrected chi connectivity index (χ2v) is 8.86. The lowest BCUT2D eigenvalue weighted by atomic mass is 10.2. The van der Waals surface area contributed by atoms with Crippen LogP contribution in [0.25, 0.3) is 0 Å². The number of esters is 2. The van der Waals surface area contributed by atoms with Gasteiger partial charge in [0, 0.05) is 13.8 Å². The highest BCUT2D eigenvalue weighted by atomic mass is 32.2. The van der Waals surface area contributed by atoms with E-state index in [-0.39, 0.29) is 6.61 Å². The molecule has 1 heterocycles. The van der Waals surface area contributed by atoms with E-state index < -0.39 is 24.1 Å². The summed E-state index contributed by atoms with van der Waals surface area (Å²) in [6, 6.07) is 9.70. The highest BCUT2D eigenvalue weighted by Crippen LogP contribution is 2.31.